The number of hydrogen-bond acceptors (Lipinski definition) is 5. The summed E-state index contributed by atoms with van der Waals surface area (Å²) in [4.78, 5) is 12.6. The van der Waals surface area contributed by atoms with Crippen molar-refractivity contribution in [1.82, 2.24) is 4.72 Å². The number of hydrogen-bond donors (Lipinski definition) is 2. The van der Waals surface area contributed by atoms with E-state index in [1.165, 1.54) is 0 Å². The molecule has 0 saturated heterocycles. The first-order chi connectivity index (χ1) is 14.3. The Balaban J connectivity index is 1.47. The molecule has 1 atom stereocenters. The minimum atomic E-state index is -3.62. The molecule has 1 heterocycles. The third kappa shape index (κ3) is 4.08. The van der Waals surface area contributed by atoms with Crippen LogP contribution in [0.3, 0.4) is 0 Å². The highest BCUT2D eigenvalue weighted by Gasteiger charge is 2.29. The number of esters is 1. The van der Waals surface area contributed by atoms with Gasteiger partial charge in [-0.15, -0.1) is 0 Å². The largest absolute Gasteiger partial charge is 0.457 e. The molecule has 0 amide bonds. The van der Waals surface area contributed by atoms with Crippen LogP contribution >= 0.6 is 0 Å². The summed E-state index contributed by atoms with van der Waals surface area (Å²) in [6.45, 7) is 4.18. The van der Waals surface area contributed by atoms with Crippen LogP contribution in [0.15, 0.2) is 71.6 Å². The fourth-order valence-electron chi connectivity index (χ4n) is 3.37. The zero-order valence-corrected chi connectivity index (χ0v) is 17.5. The first-order valence-corrected chi connectivity index (χ1v) is 11.0. The minimum absolute atomic E-state index is 0.203. The van der Waals surface area contributed by atoms with E-state index in [0.717, 1.165) is 16.7 Å². The first-order valence-electron chi connectivity index (χ1n) is 9.54. The Morgan fingerprint density at radius 2 is 1.73 bits per heavy atom. The van der Waals surface area contributed by atoms with E-state index in [1.807, 2.05) is 32.0 Å². The Labute approximate surface area is 176 Å². The topological polar surface area (TPSA) is 84.5 Å². The predicted molar refractivity (Wildman–Crippen MR) is 115 cm³/mol. The number of fused-ring (bicyclic) bond motifs is 1. The van der Waals surface area contributed by atoms with E-state index in [2.05, 4.69) is 10.0 Å². The molecule has 7 heteroatoms. The van der Waals surface area contributed by atoms with E-state index in [-0.39, 0.29) is 11.5 Å². The lowest BCUT2D eigenvalue weighted by molar-refractivity contribution is 0.0472. The van der Waals surface area contributed by atoms with E-state index in [9.17, 15) is 13.2 Å². The molecular weight excluding hydrogens is 400 g/mol. The summed E-state index contributed by atoms with van der Waals surface area (Å²) in [5.41, 5.74) is 4.79. The molecule has 0 aromatic heterocycles. The van der Waals surface area contributed by atoms with Gasteiger partial charge in [-0.1, -0.05) is 48.0 Å². The Morgan fingerprint density at radius 3 is 2.50 bits per heavy atom. The van der Waals surface area contributed by atoms with Crippen LogP contribution in [0.2, 0.25) is 0 Å². The van der Waals surface area contributed by atoms with E-state index >= 15 is 0 Å². The molecule has 2 N–H and O–H groups in total. The smallest absolute Gasteiger partial charge is 0.338 e. The van der Waals surface area contributed by atoms with Crippen molar-refractivity contribution in [3.05, 3.63) is 94.5 Å². The third-order valence-electron chi connectivity index (χ3n) is 5.09. The van der Waals surface area contributed by atoms with Gasteiger partial charge >= 0.3 is 5.97 Å². The molecule has 0 unspecified atom stereocenters. The van der Waals surface area contributed by atoms with Gasteiger partial charge in [0.1, 0.15) is 17.7 Å². The van der Waals surface area contributed by atoms with Crippen molar-refractivity contribution in [2.75, 3.05) is 5.32 Å². The van der Waals surface area contributed by atoms with Gasteiger partial charge in [0.15, 0.2) is 0 Å². The normalized spacial score (nSPS) is 16.9. The summed E-state index contributed by atoms with van der Waals surface area (Å²) in [6, 6.07) is 19.5. The second-order valence-corrected chi connectivity index (χ2v) is 9.01. The van der Waals surface area contributed by atoms with Gasteiger partial charge in [-0.05, 0) is 54.8 Å². The summed E-state index contributed by atoms with van der Waals surface area (Å²) in [5, 5.41) is 3.17. The lowest BCUT2D eigenvalue weighted by atomic mass is 10.1. The summed E-state index contributed by atoms with van der Waals surface area (Å²) < 4.78 is 33.0. The van der Waals surface area contributed by atoms with Crippen LogP contribution in [0.1, 0.15) is 38.8 Å². The quantitative estimate of drug-likeness (QED) is 0.620. The summed E-state index contributed by atoms with van der Waals surface area (Å²) in [6.07, 6.45) is -0.620. The Kier molecular flexibility index (Phi) is 5.32. The van der Waals surface area contributed by atoms with Gasteiger partial charge in [0, 0.05) is 0 Å². The third-order valence-corrected chi connectivity index (χ3v) is 6.57. The van der Waals surface area contributed by atoms with E-state index in [1.54, 1.807) is 48.5 Å². The maximum atomic E-state index is 12.5. The number of ether oxygens (including phenoxy) is 1. The Morgan fingerprint density at radius 1 is 1.00 bits per heavy atom. The molecule has 1 aliphatic heterocycles. The van der Waals surface area contributed by atoms with Crippen LogP contribution < -0.4 is 10.0 Å². The lowest BCUT2D eigenvalue weighted by Crippen LogP contribution is -2.38. The second kappa shape index (κ2) is 7.93. The zero-order valence-electron chi connectivity index (χ0n) is 16.7. The van der Waals surface area contributed by atoms with Gasteiger partial charge in [-0.25, -0.2) is 13.2 Å². The molecule has 0 radical (unpaired) electrons. The average molecular weight is 423 g/mol. The molecular formula is C23H22N2O4S. The van der Waals surface area contributed by atoms with Gasteiger partial charge in [0.2, 0.25) is 10.0 Å². The van der Waals surface area contributed by atoms with Gasteiger partial charge in [-0.3, -0.25) is 0 Å². The van der Waals surface area contributed by atoms with E-state index in [4.69, 9.17) is 4.74 Å². The highest BCUT2D eigenvalue weighted by Crippen LogP contribution is 2.30. The van der Waals surface area contributed by atoms with Crippen molar-refractivity contribution < 1.29 is 17.9 Å². The molecule has 1 aliphatic rings. The van der Waals surface area contributed by atoms with Crippen molar-refractivity contribution in [2.24, 2.45) is 0 Å². The Hall–Kier alpha value is -3.16. The number of nitrogens with one attached hydrogen (secondary N) is 2. The summed E-state index contributed by atoms with van der Waals surface area (Å²) in [5.74, 6) is -0.426. The first kappa shape index (κ1) is 20.1. The van der Waals surface area contributed by atoms with Crippen LogP contribution in [0, 0.1) is 13.8 Å². The summed E-state index contributed by atoms with van der Waals surface area (Å²) in [7, 11) is -3.62. The molecule has 30 heavy (non-hydrogen) atoms. The van der Waals surface area contributed by atoms with Crippen molar-refractivity contribution in [2.45, 2.75) is 31.5 Å². The number of anilines is 1. The van der Waals surface area contributed by atoms with Crippen LogP contribution in [-0.2, 0) is 21.4 Å². The molecule has 0 saturated carbocycles. The van der Waals surface area contributed by atoms with Crippen molar-refractivity contribution in [3.63, 3.8) is 0 Å². The molecule has 3 aromatic rings. The number of para-hydroxylation sites is 1. The maximum absolute atomic E-state index is 12.5. The average Bonchev–Trinajstić information content (AvgIpc) is 2.74. The van der Waals surface area contributed by atoms with Crippen LogP contribution in [0.5, 0.6) is 0 Å². The number of carbonyl (C=O) groups excluding carboxylic acids is 1. The van der Waals surface area contributed by atoms with Gasteiger partial charge in [-0.2, -0.15) is 4.72 Å². The van der Waals surface area contributed by atoms with Crippen molar-refractivity contribution in [1.29, 1.82) is 0 Å². The highest BCUT2D eigenvalue weighted by molar-refractivity contribution is 7.89. The minimum Gasteiger partial charge on any atom is -0.457 e. The van der Waals surface area contributed by atoms with Crippen LogP contribution in [0.4, 0.5) is 5.69 Å². The number of rotatable bonds is 4. The Bertz CT molecular complexity index is 1200. The molecule has 6 nitrogen and oxygen atoms in total. The van der Waals surface area contributed by atoms with Gasteiger partial charge in [0.05, 0.1) is 11.3 Å². The van der Waals surface area contributed by atoms with E-state index < -0.39 is 22.2 Å². The number of aryl methyl sites for hydroxylation is 2. The van der Waals surface area contributed by atoms with Gasteiger partial charge < -0.3 is 10.1 Å². The maximum Gasteiger partial charge on any atom is 0.338 e. The molecule has 0 fully saturated rings. The fourth-order valence-corrected chi connectivity index (χ4v) is 4.68. The monoisotopic (exact) mass is 422 g/mol. The number of benzene rings is 3. The lowest BCUT2D eigenvalue weighted by Gasteiger charge is -2.28. The molecule has 0 aliphatic carbocycles. The van der Waals surface area contributed by atoms with E-state index in [0.29, 0.717) is 16.8 Å². The highest BCUT2D eigenvalue weighted by atomic mass is 32.2. The molecule has 4 rings (SSSR count). The standard InChI is InChI=1S/C23H22N2O4S/c1-15-7-8-16(2)19(13-15)14-29-23(26)18-11-9-17(10-12-18)22-24-20-5-3-4-6-21(20)30(27,28)25-22/h3-13,22,24-25H,14H2,1-2H3/t22-/m1/s1. The van der Waals surface area contributed by atoms with Crippen LogP contribution in [0.25, 0.3) is 0 Å². The second-order valence-electron chi connectivity index (χ2n) is 7.32. The predicted octanol–water partition coefficient (Wildman–Crippen LogP) is 4.06. The molecule has 154 valence electrons. The molecule has 3 aromatic carbocycles. The van der Waals surface area contributed by atoms with Gasteiger partial charge in [0.25, 0.3) is 0 Å². The van der Waals surface area contributed by atoms with Crippen molar-refractivity contribution in [3.8, 4) is 0 Å². The van der Waals surface area contributed by atoms with Crippen LogP contribution in [-0.4, -0.2) is 14.4 Å². The SMILES string of the molecule is Cc1ccc(C)c(COC(=O)c2ccc([C@@H]3Nc4ccccc4S(=O)(=O)N3)cc2)c1. The number of sulfonamides is 1. The summed E-state index contributed by atoms with van der Waals surface area (Å²) >= 11 is 0. The molecule has 0 spiro atoms. The molecule has 0 bridgehead atoms. The number of carbonyl (C=O) groups is 1. The fraction of sp³-hybridized carbons (Fsp3) is 0.174. The zero-order chi connectivity index (χ0) is 21.3. The van der Waals surface area contributed by atoms with Crippen molar-refractivity contribution >= 4 is 21.7 Å².